The van der Waals surface area contributed by atoms with Gasteiger partial charge in [-0.25, -0.2) is 4.98 Å². The summed E-state index contributed by atoms with van der Waals surface area (Å²) in [5.41, 5.74) is 1.84. The molecule has 20 heavy (non-hydrogen) atoms. The maximum Gasteiger partial charge on any atom is 0.214 e. The van der Waals surface area contributed by atoms with Crippen LogP contribution < -0.4 is 14.8 Å². The summed E-state index contributed by atoms with van der Waals surface area (Å²) >= 11 is 0. The number of anilines is 1. The van der Waals surface area contributed by atoms with Crippen LogP contribution in [0.2, 0.25) is 0 Å². The Balaban J connectivity index is 1.94. The smallest absolute Gasteiger partial charge is 0.214 e. The van der Waals surface area contributed by atoms with Gasteiger partial charge in [0.2, 0.25) is 5.95 Å². The first-order valence-corrected chi connectivity index (χ1v) is 6.29. The molecular weight excluding hydrogens is 259 g/mol. The van der Waals surface area contributed by atoms with E-state index in [1.165, 1.54) is 12.3 Å². The molecule has 1 N–H and O–H groups in total. The molecule has 0 aliphatic heterocycles. The van der Waals surface area contributed by atoms with Gasteiger partial charge in [-0.3, -0.25) is 0 Å². The minimum Gasteiger partial charge on any atom is -0.493 e. The Morgan fingerprint density at radius 1 is 1.10 bits per heavy atom. The second-order valence-corrected chi connectivity index (χ2v) is 4.23. The fraction of sp³-hybridized carbons (Fsp3) is 0.267. The first-order valence-electron chi connectivity index (χ1n) is 6.29. The Morgan fingerprint density at radius 2 is 1.90 bits per heavy atom. The summed E-state index contributed by atoms with van der Waals surface area (Å²) in [5.74, 6) is 0.932. The van der Waals surface area contributed by atoms with Crippen molar-refractivity contribution in [3.8, 4) is 11.5 Å². The number of ether oxygens (including phenoxy) is 2. The van der Waals surface area contributed by atoms with E-state index in [-0.39, 0.29) is 0 Å². The van der Waals surface area contributed by atoms with Crippen LogP contribution >= 0.6 is 0 Å². The number of benzene rings is 1. The number of halogens is 1. The summed E-state index contributed by atoms with van der Waals surface area (Å²) in [5, 5.41) is 3.15. The van der Waals surface area contributed by atoms with Crippen LogP contribution in [0.15, 0.2) is 36.5 Å². The summed E-state index contributed by atoms with van der Waals surface area (Å²) in [7, 11) is 3.22. The molecule has 4 nitrogen and oxygen atoms in total. The fourth-order valence-electron chi connectivity index (χ4n) is 1.90. The lowest BCUT2D eigenvalue weighted by Crippen LogP contribution is -2.05. The zero-order valence-electron chi connectivity index (χ0n) is 11.5. The van der Waals surface area contributed by atoms with Gasteiger partial charge in [0.05, 0.1) is 14.2 Å². The van der Waals surface area contributed by atoms with Crippen LogP contribution in [0.5, 0.6) is 11.5 Å². The zero-order valence-corrected chi connectivity index (χ0v) is 11.5. The minimum atomic E-state index is -0.485. The summed E-state index contributed by atoms with van der Waals surface area (Å²) in [6.45, 7) is 0.693. The number of nitrogens with one attached hydrogen (secondary N) is 1. The van der Waals surface area contributed by atoms with E-state index >= 15 is 0 Å². The Morgan fingerprint density at radius 3 is 2.60 bits per heavy atom. The van der Waals surface area contributed by atoms with E-state index in [2.05, 4.69) is 10.3 Å². The van der Waals surface area contributed by atoms with E-state index in [4.69, 9.17) is 9.47 Å². The highest BCUT2D eigenvalue weighted by Crippen LogP contribution is 2.27. The molecule has 2 rings (SSSR count). The molecule has 0 amide bonds. The van der Waals surface area contributed by atoms with Gasteiger partial charge < -0.3 is 14.8 Å². The normalized spacial score (nSPS) is 10.2. The molecule has 1 aromatic carbocycles. The highest BCUT2D eigenvalue weighted by molar-refractivity contribution is 5.44. The van der Waals surface area contributed by atoms with Crippen LogP contribution in [0.4, 0.5) is 10.1 Å². The molecular formula is C15H17FN2O2. The molecule has 1 aromatic heterocycles. The van der Waals surface area contributed by atoms with Crippen LogP contribution in [-0.4, -0.2) is 25.7 Å². The average molecular weight is 276 g/mol. The van der Waals surface area contributed by atoms with Gasteiger partial charge >= 0.3 is 0 Å². The van der Waals surface area contributed by atoms with Crippen molar-refractivity contribution in [1.82, 2.24) is 4.98 Å². The molecule has 0 spiro atoms. The monoisotopic (exact) mass is 276 g/mol. The second-order valence-electron chi connectivity index (χ2n) is 4.23. The van der Waals surface area contributed by atoms with Gasteiger partial charge in [0.1, 0.15) is 0 Å². The van der Waals surface area contributed by atoms with Crippen molar-refractivity contribution in [2.24, 2.45) is 0 Å². The molecule has 0 fully saturated rings. The maximum absolute atomic E-state index is 12.9. The van der Waals surface area contributed by atoms with E-state index in [1.807, 2.05) is 18.2 Å². The number of methoxy groups -OCH3 is 2. The predicted molar refractivity (Wildman–Crippen MR) is 75.9 cm³/mol. The highest BCUT2D eigenvalue weighted by Gasteiger charge is 2.04. The van der Waals surface area contributed by atoms with Crippen molar-refractivity contribution in [3.63, 3.8) is 0 Å². The van der Waals surface area contributed by atoms with Crippen molar-refractivity contribution in [2.45, 2.75) is 6.42 Å². The standard InChI is InChI=1S/C15H17FN2O2/c1-19-13-4-3-11(9-14(13)20-2)5-7-17-12-6-8-18-15(16)10-12/h3-4,6,8-10H,5,7H2,1-2H3,(H,17,18). The average Bonchev–Trinajstić information content (AvgIpc) is 2.47. The maximum atomic E-state index is 12.9. The molecule has 0 unspecified atom stereocenters. The molecule has 106 valence electrons. The molecule has 0 saturated heterocycles. The number of hydrogen-bond acceptors (Lipinski definition) is 4. The molecule has 1 heterocycles. The molecule has 0 aliphatic carbocycles. The van der Waals surface area contributed by atoms with Crippen LogP contribution in [0.25, 0.3) is 0 Å². The molecule has 0 aliphatic rings. The van der Waals surface area contributed by atoms with E-state index in [0.29, 0.717) is 18.0 Å². The Hall–Kier alpha value is -2.30. The number of pyridine rings is 1. The molecule has 5 heteroatoms. The van der Waals surface area contributed by atoms with Crippen molar-refractivity contribution in [1.29, 1.82) is 0 Å². The Labute approximate surface area is 117 Å². The second kappa shape index (κ2) is 6.75. The first kappa shape index (κ1) is 14.1. The lowest BCUT2D eigenvalue weighted by molar-refractivity contribution is 0.354. The van der Waals surface area contributed by atoms with Gasteiger partial charge in [-0.1, -0.05) is 6.07 Å². The summed E-state index contributed by atoms with van der Waals surface area (Å²) in [6.07, 6.45) is 2.23. The van der Waals surface area contributed by atoms with E-state index in [1.54, 1.807) is 20.3 Å². The third-order valence-electron chi connectivity index (χ3n) is 2.92. The van der Waals surface area contributed by atoms with Gasteiger partial charge in [-0.2, -0.15) is 4.39 Å². The number of aromatic nitrogens is 1. The third kappa shape index (κ3) is 3.60. The summed E-state index contributed by atoms with van der Waals surface area (Å²) < 4.78 is 23.4. The van der Waals surface area contributed by atoms with Crippen LogP contribution in [-0.2, 0) is 6.42 Å². The number of hydrogen-bond donors (Lipinski definition) is 1. The van der Waals surface area contributed by atoms with Gasteiger partial charge in [0, 0.05) is 24.5 Å². The van der Waals surface area contributed by atoms with Crippen molar-refractivity contribution in [3.05, 3.63) is 48.0 Å². The molecule has 0 bridgehead atoms. The highest BCUT2D eigenvalue weighted by atomic mass is 19.1. The van der Waals surface area contributed by atoms with Gasteiger partial charge in [0.15, 0.2) is 11.5 Å². The summed E-state index contributed by atoms with van der Waals surface area (Å²) in [6, 6.07) is 8.90. The van der Waals surface area contributed by atoms with Crippen LogP contribution in [0, 0.1) is 5.95 Å². The largest absolute Gasteiger partial charge is 0.493 e. The fourth-order valence-corrected chi connectivity index (χ4v) is 1.90. The Kier molecular flexibility index (Phi) is 4.76. The lowest BCUT2D eigenvalue weighted by atomic mass is 10.1. The van der Waals surface area contributed by atoms with Crippen LogP contribution in [0.1, 0.15) is 5.56 Å². The SMILES string of the molecule is COc1ccc(CCNc2ccnc(F)c2)cc1OC. The van der Waals surface area contributed by atoms with E-state index in [0.717, 1.165) is 17.7 Å². The minimum absolute atomic E-state index is 0.485. The molecule has 2 aromatic rings. The van der Waals surface area contributed by atoms with Gasteiger partial charge in [0.25, 0.3) is 0 Å². The zero-order chi connectivity index (χ0) is 14.4. The molecule has 0 atom stereocenters. The van der Waals surface area contributed by atoms with Crippen molar-refractivity contribution >= 4 is 5.69 Å². The Bertz CT molecular complexity index is 576. The number of nitrogens with zero attached hydrogens (tertiary/aromatic N) is 1. The van der Waals surface area contributed by atoms with E-state index in [9.17, 15) is 4.39 Å². The van der Waals surface area contributed by atoms with Crippen LogP contribution in [0.3, 0.4) is 0 Å². The predicted octanol–water partition coefficient (Wildman–Crippen LogP) is 2.89. The van der Waals surface area contributed by atoms with E-state index < -0.39 is 5.95 Å². The first-order chi connectivity index (χ1) is 9.72. The quantitative estimate of drug-likeness (QED) is 0.824. The van der Waals surface area contributed by atoms with Gasteiger partial charge in [-0.05, 0) is 30.2 Å². The number of rotatable bonds is 6. The van der Waals surface area contributed by atoms with Crippen molar-refractivity contribution < 1.29 is 13.9 Å². The summed E-state index contributed by atoms with van der Waals surface area (Å²) in [4.78, 5) is 3.51. The molecule has 0 saturated carbocycles. The molecule has 0 radical (unpaired) electrons. The third-order valence-corrected chi connectivity index (χ3v) is 2.92. The topological polar surface area (TPSA) is 43.4 Å². The lowest BCUT2D eigenvalue weighted by Gasteiger charge is -2.10. The van der Waals surface area contributed by atoms with Gasteiger partial charge in [-0.15, -0.1) is 0 Å². The van der Waals surface area contributed by atoms with Crippen molar-refractivity contribution in [2.75, 3.05) is 26.1 Å².